The molecule has 0 heterocycles. The molecular weight excluding hydrogens is 333 g/mol. The zero-order valence-corrected chi connectivity index (χ0v) is 14.4. The molecule has 2 rings (SSSR count). The molecule has 2 aromatic rings. The lowest BCUT2D eigenvalue weighted by atomic mass is 10.1. The summed E-state index contributed by atoms with van der Waals surface area (Å²) in [5, 5.41) is 2.66. The Balaban J connectivity index is 2.08. The van der Waals surface area contributed by atoms with Crippen LogP contribution in [-0.4, -0.2) is 26.2 Å². The molecule has 1 N–H and O–H groups in total. The average Bonchev–Trinajstić information content (AvgIpc) is 2.49. The minimum absolute atomic E-state index is 0.169. The molecule has 2 aromatic carbocycles. The van der Waals surface area contributed by atoms with E-state index in [1.54, 1.807) is 13.8 Å². The highest BCUT2D eigenvalue weighted by molar-refractivity contribution is 7.90. The monoisotopic (exact) mass is 351 g/mol. The first-order valence-corrected chi connectivity index (χ1v) is 9.03. The van der Waals surface area contributed by atoms with E-state index in [2.05, 4.69) is 5.32 Å². The third-order valence-electron chi connectivity index (χ3n) is 3.27. The number of sulfone groups is 1. The highest BCUT2D eigenvalue weighted by Gasteiger charge is 2.30. The predicted octanol–water partition coefficient (Wildman–Crippen LogP) is 3.03. The second kappa shape index (κ2) is 6.60. The van der Waals surface area contributed by atoms with Crippen LogP contribution in [0.15, 0.2) is 53.4 Å². The van der Waals surface area contributed by atoms with Crippen LogP contribution < -0.4 is 10.1 Å². The summed E-state index contributed by atoms with van der Waals surface area (Å²) in [5.74, 6) is -0.446. The number of hydrogen-bond acceptors (Lipinski definition) is 4. The van der Waals surface area contributed by atoms with Crippen molar-refractivity contribution in [1.82, 2.24) is 0 Å². The molecule has 0 aromatic heterocycles. The summed E-state index contributed by atoms with van der Waals surface area (Å²) in [6.45, 7) is 3.16. The van der Waals surface area contributed by atoms with E-state index in [-0.39, 0.29) is 4.90 Å². The fourth-order valence-corrected chi connectivity index (χ4v) is 2.54. The van der Waals surface area contributed by atoms with Crippen molar-refractivity contribution in [2.24, 2.45) is 0 Å². The van der Waals surface area contributed by atoms with Crippen molar-refractivity contribution in [3.8, 4) is 5.75 Å². The van der Waals surface area contributed by atoms with E-state index in [0.29, 0.717) is 11.4 Å². The number of benzene rings is 2. The van der Waals surface area contributed by atoms with Crippen LogP contribution in [0.2, 0.25) is 0 Å². The predicted molar refractivity (Wildman–Crippen MR) is 89.3 cm³/mol. The van der Waals surface area contributed by atoms with Crippen molar-refractivity contribution >= 4 is 21.4 Å². The van der Waals surface area contributed by atoms with Gasteiger partial charge in [0.05, 0.1) is 4.90 Å². The Bertz CT molecular complexity index is 828. The van der Waals surface area contributed by atoms with Gasteiger partial charge in [-0.25, -0.2) is 12.8 Å². The quantitative estimate of drug-likeness (QED) is 0.899. The maximum absolute atomic E-state index is 12.9. The Morgan fingerprint density at radius 1 is 1.04 bits per heavy atom. The molecule has 24 heavy (non-hydrogen) atoms. The van der Waals surface area contributed by atoms with Crippen LogP contribution in [0.4, 0.5) is 10.1 Å². The van der Waals surface area contributed by atoms with Crippen molar-refractivity contribution < 1.29 is 22.3 Å². The third kappa shape index (κ3) is 4.55. The summed E-state index contributed by atoms with van der Waals surface area (Å²) in [6, 6.07) is 11.2. The van der Waals surface area contributed by atoms with Gasteiger partial charge in [-0.1, -0.05) is 0 Å². The highest BCUT2D eigenvalue weighted by Crippen LogP contribution is 2.21. The van der Waals surface area contributed by atoms with E-state index in [4.69, 9.17) is 4.74 Å². The van der Waals surface area contributed by atoms with Crippen LogP contribution in [0.1, 0.15) is 13.8 Å². The van der Waals surface area contributed by atoms with Crippen LogP contribution >= 0.6 is 0 Å². The van der Waals surface area contributed by atoms with Crippen molar-refractivity contribution in [2.75, 3.05) is 11.6 Å². The molecule has 0 aliphatic carbocycles. The average molecular weight is 351 g/mol. The lowest BCUT2D eigenvalue weighted by Crippen LogP contribution is -2.42. The minimum Gasteiger partial charge on any atom is -0.478 e. The molecule has 128 valence electrons. The second-order valence-corrected chi connectivity index (χ2v) is 7.83. The van der Waals surface area contributed by atoms with Crippen LogP contribution in [-0.2, 0) is 14.6 Å². The van der Waals surface area contributed by atoms with Gasteiger partial charge >= 0.3 is 0 Å². The number of carbonyl (C=O) groups is 1. The Morgan fingerprint density at radius 2 is 1.58 bits per heavy atom. The molecule has 0 atom stereocenters. The summed E-state index contributed by atoms with van der Waals surface area (Å²) < 4.78 is 41.3. The first-order valence-electron chi connectivity index (χ1n) is 7.14. The second-order valence-electron chi connectivity index (χ2n) is 5.82. The zero-order chi connectivity index (χ0) is 18.0. The number of amides is 1. The van der Waals surface area contributed by atoms with Gasteiger partial charge < -0.3 is 10.1 Å². The molecule has 0 radical (unpaired) electrons. The van der Waals surface area contributed by atoms with Crippen LogP contribution in [0, 0.1) is 5.82 Å². The molecule has 0 saturated carbocycles. The van der Waals surface area contributed by atoms with Gasteiger partial charge in [0.25, 0.3) is 5.91 Å². The maximum atomic E-state index is 12.9. The Hall–Kier alpha value is -2.41. The molecule has 0 bridgehead atoms. The van der Waals surface area contributed by atoms with Crippen molar-refractivity contribution in [3.63, 3.8) is 0 Å². The molecule has 1 amide bonds. The van der Waals surface area contributed by atoms with Gasteiger partial charge in [-0.15, -0.1) is 0 Å². The standard InChI is InChI=1S/C17H18FNO4S/c1-17(2,23-14-8-4-12(18)5-9-14)16(20)19-13-6-10-15(11-7-13)24(3,21)22/h4-11H,1-3H3,(H,19,20). The Labute approximate surface area is 140 Å². The lowest BCUT2D eigenvalue weighted by molar-refractivity contribution is -0.128. The van der Waals surface area contributed by atoms with Crippen LogP contribution in [0.3, 0.4) is 0 Å². The molecule has 0 saturated heterocycles. The maximum Gasteiger partial charge on any atom is 0.267 e. The number of nitrogens with one attached hydrogen (secondary N) is 1. The Morgan fingerprint density at radius 3 is 2.08 bits per heavy atom. The van der Waals surface area contributed by atoms with Crippen molar-refractivity contribution in [1.29, 1.82) is 0 Å². The molecule has 0 fully saturated rings. The number of hydrogen-bond donors (Lipinski definition) is 1. The summed E-state index contributed by atoms with van der Waals surface area (Å²) >= 11 is 0. The van der Waals surface area contributed by atoms with Crippen LogP contribution in [0.5, 0.6) is 5.75 Å². The first kappa shape index (κ1) is 17.9. The molecule has 0 aliphatic heterocycles. The van der Waals surface area contributed by atoms with Gasteiger partial charge in [-0.3, -0.25) is 4.79 Å². The van der Waals surface area contributed by atoms with Crippen molar-refractivity contribution in [3.05, 3.63) is 54.3 Å². The van der Waals surface area contributed by atoms with Gasteiger partial charge in [0.2, 0.25) is 0 Å². The number of carbonyl (C=O) groups excluding carboxylic acids is 1. The third-order valence-corrected chi connectivity index (χ3v) is 4.40. The SMILES string of the molecule is CC(C)(Oc1ccc(F)cc1)C(=O)Nc1ccc(S(C)(=O)=O)cc1. The Kier molecular flexibility index (Phi) is 4.94. The largest absolute Gasteiger partial charge is 0.478 e. The normalized spacial score (nSPS) is 11.8. The van der Waals surface area contributed by atoms with E-state index in [1.165, 1.54) is 48.5 Å². The molecule has 5 nitrogen and oxygen atoms in total. The van der Waals surface area contributed by atoms with Gasteiger partial charge in [-0.2, -0.15) is 0 Å². The van der Waals surface area contributed by atoms with Gasteiger partial charge in [0.1, 0.15) is 11.6 Å². The summed E-state index contributed by atoms with van der Waals surface area (Å²) in [4.78, 5) is 12.5. The molecule has 0 spiro atoms. The van der Waals surface area contributed by atoms with Crippen LogP contribution in [0.25, 0.3) is 0 Å². The van der Waals surface area contributed by atoms with Gasteiger partial charge in [0, 0.05) is 11.9 Å². The van der Waals surface area contributed by atoms with E-state index < -0.39 is 27.2 Å². The summed E-state index contributed by atoms with van der Waals surface area (Å²) in [7, 11) is -3.29. The number of anilines is 1. The summed E-state index contributed by atoms with van der Waals surface area (Å²) in [6.07, 6.45) is 1.11. The number of halogens is 1. The summed E-state index contributed by atoms with van der Waals surface area (Å²) in [5.41, 5.74) is -0.754. The van der Waals surface area contributed by atoms with Gasteiger partial charge in [-0.05, 0) is 62.4 Å². The highest BCUT2D eigenvalue weighted by atomic mass is 32.2. The minimum atomic E-state index is -3.29. The van der Waals surface area contributed by atoms with E-state index in [1.807, 2.05) is 0 Å². The first-order chi connectivity index (χ1) is 11.1. The fraction of sp³-hybridized carbons (Fsp3) is 0.235. The molecule has 0 aliphatic rings. The smallest absolute Gasteiger partial charge is 0.267 e. The van der Waals surface area contributed by atoms with Crippen molar-refractivity contribution in [2.45, 2.75) is 24.3 Å². The molecule has 0 unspecified atom stereocenters. The zero-order valence-electron chi connectivity index (χ0n) is 13.5. The van der Waals surface area contributed by atoms with Gasteiger partial charge in [0.15, 0.2) is 15.4 Å². The molecule has 7 heteroatoms. The van der Waals surface area contributed by atoms with E-state index >= 15 is 0 Å². The molecular formula is C17H18FNO4S. The number of rotatable bonds is 5. The topological polar surface area (TPSA) is 72.5 Å². The van der Waals surface area contributed by atoms with E-state index in [9.17, 15) is 17.6 Å². The lowest BCUT2D eigenvalue weighted by Gasteiger charge is -2.25. The van der Waals surface area contributed by atoms with E-state index in [0.717, 1.165) is 6.26 Å². The fourth-order valence-electron chi connectivity index (χ4n) is 1.91. The number of ether oxygens (including phenoxy) is 1.